The molecule has 0 atom stereocenters. The van der Waals surface area contributed by atoms with Gasteiger partial charge < -0.3 is 9.73 Å². The van der Waals surface area contributed by atoms with Crippen LogP contribution in [0.5, 0.6) is 0 Å². The van der Waals surface area contributed by atoms with Crippen LogP contribution >= 0.6 is 11.8 Å². The van der Waals surface area contributed by atoms with Crippen molar-refractivity contribution in [3.05, 3.63) is 54.0 Å². The first-order valence-electron chi connectivity index (χ1n) is 5.76. The third-order valence-corrected chi connectivity index (χ3v) is 3.72. The first-order chi connectivity index (χ1) is 8.36. The zero-order valence-electron chi connectivity index (χ0n) is 9.98. The lowest BCUT2D eigenvalue weighted by molar-refractivity contribution is 0.561. The average Bonchev–Trinajstić information content (AvgIpc) is 2.84. The molecule has 1 heterocycles. The Kier molecular flexibility index (Phi) is 4.71. The summed E-state index contributed by atoms with van der Waals surface area (Å²) in [5.41, 5.74) is 2.55. The minimum atomic E-state index is 0.880. The third kappa shape index (κ3) is 3.95. The van der Waals surface area contributed by atoms with Crippen LogP contribution in [0.4, 0.5) is 0 Å². The number of nitrogens with one attached hydrogen (secondary N) is 1. The molecule has 0 bridgehead atoms. The van der Waals surface area contributed by atoms with E-state index in [2.05, 4.69) is 36.5 Å². The van der Waals surface area contributed by atoms with Gasteiger partial charge in [0.1, 0.15) is 0 Å². The van der Waals surface area contributed by atoms with Crippen molar-refractivity contribution in [3.63, 3.8) is 0 Å². The van der Waals surface area contributed by atoms with Crippen molar-refractivity contribution in [2.75, 3.05) is 12.3 Å². The van der Waals surface area contributed by atoms with Crippen LogP contribution < -0.4 is 5.32 Å². The Morgan fingerprint density at radius 2 is 2.12 bits per heavy atom. The summed E-state index contributed by atoms with van der Waals surface area (Å²) in [6.45, 7) is 4.04. The normalized spacial score (nSPS) is 10.6. The Hall–Kier alpha value is -1.19. The van der Waals surface area contributed by atoms with Gasteiger partial charge >= 0.3 is 0 Å². The van der Waals surface area contributed by atoms with Gasteiger partial charge in [-0.1, -0.05) is 18.2 Å². The van der Waals surface area contributed by atoms with Gasteiger partial charge in [-0.05, 0) is 24.6 Å². The molecule has 0 amide bonds. The van der Waals surface area contributed by atoms with Crippen LogP contribution in [0, 0.1) is 6.92 Å². The van der Waals surface area contributed by atoms with Crippen LogP contribution in [0.2, 0.25) is 0 Å². The van der Waals surface area contributed by atoms with Crippen LogP contribution in [0.15, 0.2) is 52.2 Å². The molecule has 0 fully saturated rings. The van der Waals surface area contributed by atoms with Crippen molar-refractivity contribution >= 4 is 11.8 Å². The fourth-order valence-corrected chi connectivity index (χ4v) is 2.51. The first kappa shape index (κ1) is 12.3. The Morgan fingerprint density at radius 3 is 2.88 bits per heavy atom. The van der Waals surface area contributed by atoms with Crippen LogP contribution in [0.25, 0.3) is 0 Å². The van der Waals surface area contributed by atoms with Crippen LogP contribution in [0.3, 0.4) is 0 Å². The summed E-state index contributed by atoms with van der Waals surface area (Å²) < 4.78 is 5.01. The smallest absolute Gasteiger partial charge is 0.0947 e. The van der Waals surface area contributed by atoms with Crippen molar-refractivity contribution in [2.24, 2.45) is 0 Å². The number of benzene rings is 1. The average molecular weight is 247 g/mol. The predicted molar refractivity (Wildman–Crippen MR) is 72.3 cm³/mol. The molecule has 0 aliphatic heterocycles. The number of aryl methyl sites for hydroxylation is 1. The molecule has 90 valence electrons. The predicted octanol–water partition coefficient (Wildman–Crippen LogP) is 3.47. The highest BCUT2D eigenvalue weighted by atomic mass is 32.2. The lowest BCUT2D eigenvalue weighted by atomic mass is 10.2. The zero-order valence-corrected chi connectivity index (χ0v) is 10.8. The molecule has 2 nitrogen and oxygen atoms in total. The van der Waals surface area contributed by atoms with Crippen LogP contribution in [-0.2, 0) is 6.54 Å². The Balaban J connectivity index is 1.65. The maximum Gasteiger partial charge on any atom is 0.0947 e. The second-order valence-corrected chi connectivity index (χ2v) is 5.06. The van der Waals surface area contributed by atoms with Gasteiger partial charge in [0, 0.05) is 29.3 Å². The minimum Gasteiger partial charge on any atom is -0.472 e. The largest absolute Gasteiger partial charge is 0.472 e. The molecule has 1 N–H and O–H groups in total. The summed E-state index contributed by atoms with van der Waals surface area (Å²) in [7, 11) is 0. The van der Waals surface area contributed by atoms with E-state index in [1.807, 2.05) is 17.8 Å². The van der Waals surface area contributed by atoms with Gasteiger partial charge in [0.05, 0.1) is 12.5 Å². The van der Waals surface area contributed by atoms with E-state index in [1.165, 1.54) is 16.0 Å². The maximum absolute atomic E-state index is 5.01. The van der Waals surface area contributed by atoms with Crippen molar-refractivity contribution in [2.45, 2.75) is 18.4 Å². The van der Waals surface area contributed by atoms with E-state index in [4.69, 9.17) is 4.42 Å². The molecule has 2 rings (SSSR count). The van der Waals surface area contributed by atoms with Gasteiger partial charge in [0.2, 0.25) is 0 Å². The molecule has 0 aliphatic rings. The van der Waals surface area contributed by atoms with Gasteiger partial charge in [-0.3, -0.25) is 0 Å². The van der Waals surface area contributed by atoms with E-state index in [-0.39, 0.29) is 0 Å². The van der Waals surface area contributed by atoms with Crippen molar-refractivity contribution in [1.82, 2.24) is 5.32 Å². The Bertz CT molecular complexity index is 439. The van der Waals surface area contributed by atoms with Gasteiger partial charge in [0.15, 0.2) is 0 Å². The second-order valence-electron chi connectivity index (χ2n) is 3.92. The summed E-state index contributed by atoms with van der Waals surface area (Å²) in [6, 6.07) is 10.5. The molecule has 0 unspecified atom stereocenters. The van der Waals surface area contributed by atoms with E-state index in [0.717, 1.165) is 18.8 Å². The molecule has 0 saturated carbocycles. The molecule has 0 spiro atoms. The van der Waals surface area contributed by atoms with Gasteiger partial charge in [-0.25, -0.2) is 0 Å². The molecule has 3 heteroatoms. The van der Waals surface area contributed by atoms with Gasteiger partial charge in [0.25, 0.3) is 0 Å². The molecule has 0 radical (unpaired) electrons. The highest BCUT2D eigenvalue weighted by Crippen LogP contribution is 2.20. The van der Waals surface area contributed by atoms with Crippen LogP contribution in [0.1, 0.15) is 11.1 Å². The summed E-state index contributed by atoms with van der Waals surface area (Å²) in [5.74, 6) is 1.09. The molecule has 1 aromatic heterocycles. The van der Waals surface area contributed by atoms with E-state index in [0.29, 0.717) is 0 Å². The summed E-state index contributed by atoms with van der Waals surface area (Å²) in [4.78, 5) is 1.37. The third-order valence-electron chi connectivity index (χ3n) is 2.54. The quantitative estimate of drug-likeness (QED) is 0.625. The van der Waals surface area contributed by atoms with E-state index >= 15 is 0 Å². The minimum absolute atomic E-state index is 0.880. The first-order valence-corrected chi connectivity index (χ1v) is 6.75. The maximum atomic E-state index is 5.01. The molecule has 17 heavy (non-hydrogen) atoms. The standard InChI is InChI=1S/C14H17NOS/c1-12-4-2-3-5-14(12)17-9-7-15-10-13-6-8-16-11-13/h2-6,8,11,15H,7,9-10H2,1H3. The van der Waals surface area contributed by atoms with Gasteiger partial charge in [-0.2, -0.15) is 0 Å². The van der Waals surface area contributed by atoms with Crippen molar-refractivity contribution < 1.29 is 4.42 Å². The number of furan rings is 1. The summed E-state index contributed by atoms with van der Waals surface area (Å²) in [5, 5.41) is 3.40. The van der Waals surface area contributed by atoms with Crippen LogP contribution in [-0.4, -0.2) is 12.3 Å². The molecule has 0 aliphatic carbocycles. The Labute approximate surface area is 106 Å². The van der Waals surface area contributed by atoms with E-state index < -0.39 is 0 Å². The molecule has 2 aromatic rings. The molecule has 0 saturated heterocycles. The highest BCUT2D eigenvalue weighted by molar-refractivity contribution is 7.99. The topological polar surface area (TPSA) is 25.2 Å². The molecular weight excluding hydrogens is 230 g/mol. The summed E-state index contributed by atoms with van der Waals surface area (Å²) >= 11 is 1.90. The van der Waals surface area contributed by atoms with Crippen molar-refractivity contribution in [3.8, 4) is 0 Å². The number of hydrogen-bond acceptors (Lipinski definition) is 3. The molecular formula is C14H17NOS. The van der Waals surface area contributed by atoms with Gasteiger partial charge in [-0.15, -0.1) is 11.8 Å². The lowest BCUT2D eigenvalue weighted by Gasteiger charge is -2.05. The second kappa shape index (κ2) is 6.52. The highest BCUT2D eigenvalue weighted by Gasteiger charge is 1.97. The Morgan fingerprint density at radius 1 is 1.24 bits per heavy atom. The van der Waals surface area contributed by atoms with E-state index in [9.17, 15) is 0 Å². The number of hydrogen-bond donors (Lipinski definition) is 1. The van der Waals surface area contributed by atoms with Crippen molar-refractivity contribution in [1.29, 1.82) is 0 Å². The monoisotopic (exact) mass is 247 g/mol. The lowest BCUT2D eigenvalue weighted by Crippen LogP contribution is -2.16. The fourth-order valence-electron chi connectivity index (χ4n) is 1.58. The summed E-state index contributed by atoms with van der Waals surface area (Å²) in [6.07, 6.45) is 3.49. The molecule has 1 aromatic carbocycles. The fraction of sp³-hybridized carbons (Fsp3) is 0.286. The number of rotatable bonds is 6. The SMILES string of the molecule is Cc1ccccc1SCCNCc1ccoc1. The number of thioether (sulfide) groups is 1. The zero-order chi connectivity index (χ0) is 11.9. The van der Waals surface area contributed by atoms with E-state index in [1.54, 1.807) is 12.5 Å².